The van der Waals surface area contributed by atoms with Crippen LogP contribution in [-0.2, 0) is 0 Å². The van der Waals surface area contributed by atoms with E-state index in [9.17, 15) is 13.2 Å². The standard InChI is InChI=1S/C7H5ClF3NO2/c8-3-1-4(12)6(13)5(2-3)14-7(9,10)11/h1-2,13H,12H2. The van der Waals surface area contributed by atoms with Crippen LogP contribution in [0.15, 0.2) is 12.1 Å². The summed E-state index contributed by atoms with van der Waals surface area (Å²) in [7, 11) is 0. The minimum absolute atomic E-state index is 0.0560. The highest BCUT2D eigenvalue weighted by Gasteiger charge is 2.32. The monoisotopic (exact) mass is 227 g/mol. The highest BCUT2D eigenvalue weighted by atomic mass is 35.5. The smallest absolute Gasteiger partial charge is 0.503 e. The first-order chi connectivity index (χ1) is 6.29. The SMILES string of the molecule is Nc1cc(Cl)cc(OC(F)(F)F)c1O. The summed E-state index contributed by atoms with van der Waals surface area (Å²) < 4.78 is 38.8. The molecule has 3 nitrogen and oxygen atoms in total. The molecule has 0 amide bonds. The fraction of sp³-hybridized carbons (Fsp3) is 0.143. The Kier molecular flexibility index (Phi) is 2.66. The average molecular weight is 228 g/mol. The third-order valence-corrected chi connectivity index (χ3v) is 1.51. The van der Waals surface area contributed by atoms with E-state index < -0.39 is 17.9 Å². The van der Waals surface area contributed by atoms with Crippen molar-refractivity contribution in [2.45, 2.75) is 6.36 Å². The van der Waals surface area contributed by atoms with Crippen molar-refractivity contribution in [3.05, 3.63) is 17.2 Å². The highest BCUT2D eigenvalue weighted by Crippen LogP contribution is 2.38. The maximum absolute atomic E-state index is 11.8. The van der Waals surface area contributed by atoms with E-state index in [1.54, 1.807) is 0 Å². The van der Waals surface area contributed by atoms with Gasteiger partial charge in [0, 0.05) is 11.1 Å². The molecular formula is C7H5ClF3NO2. The van der Waals surface area contributed by atoms with Gasteiger partial charge < -0.3 is 15.6 Å². The number of ether oxygens (including phenoxy) is 1. The van der Waals surface area contributed by atoms with E-state index in [0.717, 1.165) is 12.1 Å². The number of rotatable bonds is 1. The van der Waals surface area contributed by atoms with E-state index in [0.29, 0.717) is 0 Å². The van der Waals surface area contributed by atoms with E-state index in [1.165, 1.54) is 0 Å². The van der Waals surface area contributed by atoms with Gasteiger partial charge in [0.15, 0.2) is 11.5 Å². The van der Waals surface area contributed by atoms with Gasteiger partial charge in [-0.1, -0.05) is 11.6 Å². The van der Waals surface area contributed by atoms with Crippen LogP contribution in [0.5, 0.6) is 11.5 Å². The van der Waals surface area contributed by atoms with Gasteiger partial charge in [0.1, 0.15) is 0 Å². The van der Waals surface area contributed by atoms with Crippen molar-refractivity contribution < 1.29 is 23.0 Å². The van der Waals surface area contributed by atoms with E-state index >= 15 is 0 Å². The number of aromatic hydroxyl groups is 1. The zero-order valence-electron chi connectivity index (χ0n) is 6.60. The lowest BCUT2D eigenvalue weighted by molar-refractivity contribution is -0.275. The maximum Gasteiger partial charge on any atom is 0.573 e. The summed E-state index contributed by atoms with van der Waals surface area (Å²) in [5.74, 6) is -1.60. The van der Waals surface area contributed by atoms with Gasteiger partial charge in [-0.15, -0.1) is 13.2 Å². The van der Waals surface area contributed by atoms with Crippen molar-refractivity contribution in [1.82, 2.24) is 0 Å². The Balaban J connectivity index is 3.09. The number of phenolic OH excluding ortho intramolecular Hbond substituents is 1. The summed E-state index contributed by atoms with van der Waals surface area (Å²) in [5, 5.41) is 9.02. The highest BCUT2D eigenvalue weighted by molar-refractivity contribution is 6.31. The average Bonchev–Trinajstić information content (AvgIpc) is 1.96. The van der Waals surface area contributed by atoms with Gasteiger partial charge in [0.2, 0.25) is 0 Å². The van der Waals surface area contributed by atoms with Crippen LogP contribution in [0, 0.1) is 0 Å². The molecule has 0 spiro atoms. The van der Waals surface area contributed by atoms with Crippen LogP contribution < -0.4 is 10.5 Å². The molecule has 0 aliphatic carbocycles. The van der Waals surface area contributed by atoms with E-state index in [2.05, 4.69) is 4.74 Å². The van der Waals surface area contributed by atoms with Crippen LogP contribution in [0.25, 0.3) is 0 Å². The third-order valence-electron chi connectivity index (χ3n) is 1.29. The van der Waals surface area contributed by atoms with E-state index in [1.807, 2.05) is 0 Å². The molecule has 0 atom stereocenters. The molecule has 0 aromatic heterocycles. The van der Waals surface area contributed by atoms with Crippen molar-refractivity contribution in [1.29, 1.82) is 0 Å². The number of benzene rings is 1. The Bertz CT molecular complexity index is 354. The first-order valence-electron chi connectivity index (χ1n) is 3.33. The summed E-state index contributed by atoms with van der Waals surface area (Å²) in [6.45, 7) is 0. The quantitative estimate of drug-likeness (QED) is 0.573. The summed E-state index contributed by atoms with van der Waals surface area (Å²) in [5.41, 5.74) is 4.88. The molecule has 0 unspecified atom stereocenters. The number of phenols is 1. The molecule has 0 bridgehead atoms. The van der Waals surface area contributed by atoms with Gasteiger partial charge in [-0.2, -0.15) is 0 Å². The topological polar surface area (TPSA) is 55.5 Å². The molecule has 3 N–H and O–H groups in total. The van der Waals surface area contributed by atoms with Crippen LogP contribution >= 0.6 is 11.6 Å². The van der Waals surface area contributed by atoms with E-state index in [4.69, 9.17) is 22.4 Å². The van der Waals surface area contributed by atoms with Crippen LogP contribution in [0.3, 0.4) is 0 Å². The second-order valence-electron chi connectivity index (χ2n) is 2.39. The number of nitrogens with two attached hydrogens (primary N) is 1. The van der Waals surface area contributed by atoms with Gasteiger partial charge in [-0.05, 0) is 6.07 Å². The first-order valence-corrected chi connectivity index (χ1v) is 3.71. The molecule has 0 aliphatic heterocycles. The second-order valence-corrected chi connectivity index (χ2v) is 2.83. The van der Waals surface area contributed by atoms with Crippen molar-refractivity contribution >= 4 is 17.3 Å². The van der Waals surface area contributed by atoms with Crippen LogP contribution in [0.4, 0.5) is 18.9 Å². The van der Waals surface area contributed by atoms with Gasteiger partial charge in [-0.3, -0.25) is 0 Å². The van der Waals surface area contributed by atoms with Gasteiger partial charge in [0.25, 0.3) is 0 Å². The molecule has 7 heteroatoms. The van der Waals surface area contributed by atoms with Crippen LogP contribution in [0.2, 0.25) is 5.02 Å². The fourth-order valence-corrected chi connectivity index (χ4v) is 1.01. The molecule has 0 fully saturated rings. The van der Waals surface area contributed by atoms with Crippen molar-refractivity contribution in [2.24, 2.45) is 0 Å². The second kappa shape index (κ2) is 3.45. The minimum atomic E-state index is -4.89. The normalized spacial score (nSPS) is 11.4. The van der Waals surface area contributed by atoms with Gasteiger partial charge >= 0.3 is 6.36 Å². The lowest BCUT2D eigenvalue weighted by Crippen LogP contribution is -2.17. The Morgan fingerprint density at radius 2 is 1.93 bits per heavy atom. The number of halogens is 4. The maximum atomic E-state index is 11.8. The predicted molar refractivity (Wildman–Crippen MR) is 44.2 cm³/mol. The fourth-order valence-electron chi connectivity index (χ4n) is 0.797. The lowest BCUT2D eigenvalue weighted by Gasteiger charge is -2.11. The predicted octanol–water partition coefficient (Wildman–Crippen LogP) is 2.53. The molecule has 1 aromatic carbocycles. The number of nitrogen functional groups attached to an aromatic ring is 1. The van der Waals surface area contributed by atoms with Gasteiger partial charge in [0.05, 0.1) is 5.69 Å². The molecule has 1 rings (SSSR count). The molecule has 14 heavy (non-hydrogen) atoms. The lowest BCUT2D eigenvalue weighted by atomic mass is 10.3. The molecule has 0 saturated carbocycles. The molecule has 0 saturated heterocycles. The number of hydrogen-bond donors (Lipinski definition) is 2. The third kappa shape index (κ3) is 2.59. The number of hydrogen-bond acceptors (Lipinski definition) is 3. The molecule has 1 aromatic rings. The largest absolute Gasteiger partial charge is 0.573 e. The molecular weight excluding hydrogens is 223 g/mol. The summed E-state index contributed by atoms with van der Waals surface area (Å²) in [4.78, 5) is 0. The Morgan fingerprint density at radius 1 is 1.36 bits per heavy atom. The zero-order chi connectivity index (χ0) is 10.9. The molecule has 78 valence electrons. The van der Waals surface area contributed by atoms with Crippen molar-refractivity contribution in [3.8, 4) is 11.5 Å². The van der Waals surface area contributed by atoms with Crippen molar-refractivity contribution in [3.63, 3.8) is 0 Å². The first kappa shape index (κ1) is 10.8. The zero-order valence-corrected chi connectivity index (χ0v) is 7.36. The summed E-state index contributed by atoms with van der Waals surface area (Å²) in [6, 6.07) is 1.93. The Labute approximate surface area is 81.8 Å². The minimum Gasteiger partial charge on any atom is -0.503 e. The Hall–Kier alpha value is -1.30. The molecule has 0 radical (unpaired) electrons. The summed E-state index contributed by atoms with van der Waals surface area (Å²) >= 11 is 5.41. The van der Waals surface area contributed by atoms with Crippen molar-refractivity contribution in [2.75, 3.05) is 5.73 Å². The molecule has 0 heterocycles. The van der Waals surface area contributed by atoms with Crippen LogP contribution in [-0.4, -0.2) is 11.5 Å². The number of alkyl halides is 3. The Morgan fingerprint density at radius 3 is 2.43 bits per heavy atom. The summed E-state index contributed by atoms with van der Waals surface area (Å²) in [6.07, 6.45) is -4.89. The molecule has 0 aliphatic rings. The van der Waals surface area contributed by atoms with Gasteiger partial charge in [-0.25, -0.2) is 0 Å². The van der Waals surface area contributed by atoms with Crippen LogP contribution in [0.1, 0.15) is 0 Å². The van der Waals surface area contributed by atoms with E-state index in [-0.39, 0.29) is 10.7 Å². The number of anilines is 1.